The molecule has 0 aliphatic carbocycles. The molecular formula is C13H16N2OS. The standard InChI is InChI=1S/C13H16N2OS/c1-9-7-11(16-2)3-4-12(9)13(15-14)10-5-6-17-8-10/h3-8,13,15H,14H2,1-2H3. The number of benzene rings is 1. The van der Waals surface area contributed by atoms with Gasteiger partial charge >= 0.3 is 0 Å². The van der Waals surface area contributed by atoms with Crippen LogP contribution in [0.5, 0.6) is 5.75 Å². The van der Waals surface area contributed by atoms with Crippen molar-refractivity contribution in [2.24, 2.45) is 5.84 Å². The van der Waals surface area contributed by atoms with Crippen LogP contribution in [0.1, 0.15) is 22.7 Å². The molecular weight excluding hydrogens is 232 g/mol. The maximum atomic E-state index is 5.66. The Morgan fingerprint density at radius 1 is 1.35 bits per heavy atom. The molecule has 4 heteroatoms. The van der Waals surface area contributed by atoms with E-state index in [2.05, 4.69) is 35.2 Å². The third-order valence-corrected chi connectivity index (χ3v) is 3.53. The molecule has 2 aromatic rings. The highest BCUT2D eigenvalue weighted by Crippen LogP contribution is 2.28. The molecule has 0 aliphatic heterocycles. The highest BCUT2D eigenvalue weighted by atomic mass is 32.1. The van der Waals surface area contributed by atoms with Crippen molar-refractivity contribution in [3.05, 3.63) is 51.7 Å². The van der Waals surface area contributed by atoms with Crippen LogP contribution in [0.3, 0.4) is 0 Å². The van der Waals surface area contributed by atoms with Gasteiger partial charge in [0.15, 0.2) is 0 Å². The number of nitrogens with two attached hydrogens (primary N) is 1. The van der Waals surface area contributed by atoms with Crippen LogP contribution in [0.25, 0.3) is 0 Å². The van der Waals surface area contributed by atoms with Crippen molar-refractivity contribution in [2.45, 2.75) is 13.0 Å². The van der Waals surface area contributed by atoms with Crippen LogP contribution in [0, 0.1) is 6.92 Å². The molecule has 1 aromatic carbocycles. The number of methoxy groups -OCH3 is 1. The Morgan fingerprint density at radius 3 is 2.71 bits per heavy atom. The second kappa shape index (κ2) is 5.31. The molecule has 0 radical (unpaired) electrons. The van der Waals surface area contributed by atoms with E-state index in [1.54, 1.807) is 18.4 Å². The molecule has 2 rings (SSSR count). The van der Waals surface area contributed by atoms with E-state index < -0.39 is 0 Å². The van der Waals surface area contributed by atoms with Crippen molar-refractivity contribution in [2.75, 3.05) is 7.11 Å². The van der Waals surface area contributed by atoms with Crippen molar-refractivity contribution in [3.63, 3.8) is 0 Å². The molecule has 1 aromatic heterocycles. The number of hydrazine groups is 1. The summed E-state index contributed by atoms with van der Waals surface area (Å²) >= 11 is 1.67. The van der Waals surface area contributed by atoms with E-state index in [9.17, 15) is 0 Å². The van der Waals surface area contributed by atoms with E-state index >= 15 is 0 Å². The number of aryl methyl sites for hydroxylation is 1. The molecule has 3 N–H and O–H groups in total. The fourth-order valence-corrected chi connectivity index (χ4v) is 2.59. The minimum absolute atomic E-state index is 0.0344. The highest BCUT2D eigenvalue weighted by molar-refractivity contribution is 7.08. The van der Waals surface area contributed by atoms with Crippen molar-refractivity contribution >= 4 is 11.3 Å². The zero-order valence-electron chi connectivity index (χ0n) is 9.94. The molecule has 0 aliphatic rings. The Hall–Kier alpha value is -1.36. The smallest absolute Gasteiger partial charge is 0.119 e. The lowest BCUT2D eigenvalue weighted by Crippen LogP contribution is -2.29. The zero-order chi connectivity index (χ0) is 12.3. The Bertz CT molecular complexity index is 482. The second-order valence-electron chi connectivity index (χ2n) is 3.88. The lowest BCUT2D eigenvalue weighted by atomic mass is 9.97. The first-order valence-electron chi connectivity index (χ1n) is 5.39. The molecule has 0 spiro atoms. The number of hydrogen-bond acceptors (Lipinski definition) is 4. The minimum atomic E-state index is 0.0344. The molecule has 0 saturated heterocycles. The van der Waals surface area contributed by atoms with Crippen LogP contribution in [0.4, 0.5) is 0 Å². The van der Waals surface area contributed by atoms with Gasteiger partial charge in [0.1, 0.15) is 5.75 Å². The molecule has 0 amide bonds. The minimum Gasteiger partial charge on any atom is -0.497 e. The van der Waals surface area contributed by atoms with Gasteiger partial charge in [0, 0.05) is 0 Å². The number of nitrogens with one attached hydrogen (secondary N) is 1. The summed E-state index contributed by atoms with van der Waals surface area (Å²) in [6.45, 7) is 2.06. The first kappa shape index (κ1) is 12.1. The fraction of sp³-hybridized carbons (Fsp3) is 0.231. The van der Waals surface area contributed by atoms with E-state index in [1.807, 2.05) is 12.1 Å². The summed E-state index contributed by atoms with van der Waals surface area (Å²) in [5, 5.41) is 4.16. The Labute approximate surface area is 105 Å². The first-order valence-corrected chi connectivity index (χ1v) is 6.33. The average molecular weight is 248 g/mol. The molecule has 17 heavy (non-hydrogen) atoms. The molecule has 0 fully saturated rings. The first-order chi connectivity index (χ1) is 8.26. The molecule has 0 bridgehead atoms. The predicted octanol–water partition coefficient (Wildman–Crippen LogP) is 2.62. The van der Waals surface area contributed by atoms with Crippen LogP contribution < -0.4 is 16.0 Å². The SMILES string of the molecule is COc1ccc(C(NN)c2ccsc2)c(C)c1. The van der Waals surface area contributed by atoms with E-state index in [0.717, 1.165) is 5.75 Å². The van der Waals surface area contributed by atoms with Gasteiger partial charge in [-0.05, 0) is 52.6 Å². The van der Waals surface area contributed by atoms with Gasteiger partial charge in [-0.1, -0.05) is 6.07 Å². The monoisotopic (exact) mass is 248 g/mol. The summed E-state index contributed by atoms with van der Waals surface area (Å²) < 4.78 is 5.20. The summed E-state index contributed by atoms with van der Waals surface area (Å²) in [7, 11) is 1.67. The van der Waals surface area contributed by atoms with Gasteiger partial charge in [0.2, 0.25) is 0 Å². The summed E-state index contributed by atoms with van der Waals surface area (Å²) in [5.41, 5.74) is 6.39. The summed E-state index contributed by atoms with van der Waals surface area (Å²) in [4.78, 5) is 0. The van der Waals surface area contributed by atoms with Gasteiger partial charge in [-0.3, -0.25) is 5.84 Å². The van der Waals surface area contributed by atoms with E-state index in [-0.39, 0.29) is 6.04 Å². The van der Waals surface area contributed by atoms with Gasteiger partial charge in [-0.2, -0.15) is 11.3 Å². The third kappa shape index (κ3) is 2.49. The van der Waals surface area contributed by atoms with Crippen LogP contribution >= 0.6 is 11.3 Å². The summed E-state index contributed by atoms with van der Waals surface area (Å²) in [6, 6.07) is 8.15. The van der Waals surface area contributed by atoms with Crippen LogP contribution in [-0.2, 0) is 0 Å². The molecule has 3 nitrogen and oxygen atoms in total. The summed E-state index contributed by atoms with van der Waals surface area (Å²) in [5.74, 6) is 6.53. The van der Waals surface area contributed by atoms with Gasteiger partial charge < -0.3 is 4.74 Å². The highest BCUT2D eigenvalue weighted by Gasteiger charge is 2.15. The van der Waals surface area contributed by atoms with Gasteiger partial charge in [0.25, 0.3) is 0 Å². The van der Waals surface area contributed by atoms with Crippen molar-refractivity contribution in [1.29, 1.82) is 0 Å². The summed E-state index contributed by atoms with van der Waals surface area (Å²) in [6.07, 6.45) is 0. The van der Waals surface area contributed by atoms with Crippen LogP contribution in [0.2, 0.25) is 0 Å². The van der Waals surface area contributed by atoms with Crippen LogP contribution in [-0.4, -0.2) is 7.11 Å². The van der Waals surface area contributed by atoms with Crippen molar-refractivity contribution in [1.82, 2.24) is 5.43 Å². The van der Waals surface area contributed by atoms with Crippen molar-refractivity contribution in [3.8, 4) is 5.75 Å². The normalized spacial score (nSPS) is 12.4. The third-order valence-electron chi connectivity index (χ3n) is 2.83. The predicted molar refractivity (Wildman–Crippen MR) is 71.2 cm³/mol. The maximum Gasteiger partial charge on any atom is 0.119 e. The Morgan fingerprint density at radius 2 is 2.18 bits per heavy atom. The lowest BCUT2D eigenvalue weighted by molar-refractivity contribution is 0.414. The molecule has 1 unspecified atom stereocenters. The number of rotatable bonds is 4. The van der Waals surface area contributed by atoms with Gasteiger partial charge in [-0.25, -0.2) is 5.43 Å². The number of hydrogen-bond donors (Lipinski definition) is 2. The van der Waals surface area contributed by atoms with E-state index in [1.165, 1.54) is 16.7 Å². The van der Waals surface area contributed by atoms with Crippen molar-refractivity contribution < 1.29 is 4.74 Å². The topological polar surface area (TPSA) is 47.3 Å². The van der Waals surface area contributed by atoms with E-state index in [0.29, 0.717) is 0 Å². The zero-order valence-corrected chi connectivity index (χ0v) is 10.8. The second-order valence-corrected chi connectivity index (χ2v) is 4.66. The van der Waals surface area contributed by atoms with Gasteiger partial charge in [-0.15, -0.1) is 0 Å². The number of thiophene rings is 1. The Kier molecular flexibility index (Phi) is 3.78. The average Bonchev–Trinajstić information content (AvgIpc) is 2.85. The van der Waals surface area contributed by atoms with Gasteiger partial charge in [0.05, 0.1) is 13.2 Å². The molecule has 1 atom stereocenters. The maximum absolute atomic E-state index is 5.66. The van der Waals surface area contributed by atoms with Crippen LogP contribution in [0.15, 0.2) is 35.0 Å². The quantitative estimate of drug-likeness (QED) is 0.646. The van der Waals surface area contributed by atoms with E-state index in [4.69, 9.17) is 10.6 Å². The largest absolute Gasteiger partial charge is 0.497 e. The molecule has 90 valence electrons. The fourth-order valence-electron chi connectivity index (χ4n) is 1.90. The number of ether oxygens (including phenoxy) is 1. The molecule has 1 heterocycles. The lowest BCUT2D eigenvalue weighted by Gasteiger charge is -2.18. The molecule has 0 saturated carbocycles. The Balaban J connectivity index is 2.38.